The minimum atomic E-state index is -0.908. The molecule has 0 spiro atoms. The number of carboxylic acids is 1. The fourth-order valence-corrected chi connectivity index (χ4v) is 4.97. The van der Waals surface area contributed by atoms with Crippen molar-refractivity contribution in [3.8, 4) is 0 Å². The number of aryl methyl sites for hydroxylation is 2. The van der Waals surface area contributed by atoms with E-state index in [0.29, 0.717) is 10.6 Å². The molecule has 1 aromatic heterocycles. The molecule has 1 aliphatic rings. The van der Waals surface area contributed by atoms with Crippen LogP contribution < -0.4 is 0 Å². The maximum absolute atomic E-state index is 12.8. The number of nitrogens with zero attached hydrogens (tertiary/aromatic N) is 1. The third-order valence-electron chi connectivity index (χ3n) is 3.71. The zero-order valence-corrected chi connectivity index (χ0v) is 14.2. The highest BCUT2D eigenvalue weighted by atomic mass is 32.2. The monoisotopic (exact) mass is 327 g/mol. The number of carbonyl (C=O) groups excluding carboxylic acids is 1. The summed E-state index contributed by atoms with van der Waals surface area (Å²) in [4.78, 5) is 27.5. The number of amides is 1. The van der Waals surface area contributed by atoms with Gasteiger partial charge in [-0.15, -0.1) is 23.1 Å². The molecule has 0 saturated carbocycles. The van der Waals surface area contributed by atoms with Crippen LogP contribution in [0.4, 0.5) is 0 Å². The summed E-state index contributed by atoms with van der Waals surface area (Å²) in [5, 5.41) is 9.30. The van der Waals surface area contributed by atoms with Crippen LogP contribution in [0.25, 0.3) is 0 Å². The topological polar surface area (TPSA) is 57.6 Å². The number of rotatable bonds is 5. The lowest BCUT2D eigenvalue weighted by molar-refractivity contribution is -0.141. The molecule has 2 unspecified atom stereocenters. The molecule has 2 heterocycles. The van der Waals surface area contributed by atoms with Crippen molar-refractivity contribution in [3.05, 3.63) is 21.4 Å². The molecule has 2 atom stereocenters. The molecule has 2 rings (SSSR count). The highest BCUT2D eigenvalue weighted by Crippen LogP contribution is 2.34. The van der Waals surface area contributed by atoms with Crippen molar-refractivity contribution in [2.24, 2.45) is 0 Å². The highest BCUT2D eigenvalue weighted by Gasteiger charge is 2.41. The first-order valence-electron chi connectivity index (χ1n) is 7.25. The fourth-order valence-electron chi connectivity index (χ4n) is 2.61. The Morgan fingerprint density at radius 2 is 2.14 bits per heavy atom. The number of thiophene rings is 1. The zero-order valence-electron chi connectivity index (χ0n) is 12.6. The van der Waals surface area contributed by atoms with Crippen LogP contribution in [0.2, 0.25) is 0 Å². The van der Waals surface area contributed by atoms with Gasteiger partial charge in [0.2, 0.25) is 0 Å². The standard InChI is InChI=1S/C15H21NO3S2/c1-4-6-10-7-12(21-9(10)3)14(17)16-11(15(18)19)8-20-13(16)5-2/h7,11,13H,4-6,8H2,1-3H3,(H,18,19). The van der Waals surface area contributed by atoms with Gasteiger partial charge in [-0.2, -0.15) is 0 Å². The molecule has 1 aliphatic heterocycles. The van der Waals surface area contributed by atoms with E-state index in [1.165, 1.54) is 16.9 Å². The summed E-state index contributed by atoms with van der Waals surface area (Å²) in [6.45, 7) is 6.13. The third kappa shape index (κ3) is 3.26. The van der Waals surface area contributed by atoms with E-state index in [4.69, 9.17) is 0 Å². The SMILES string of the molecule is CCCc1cc(C(=O)N2C(CC)SCC2C(=O)O)sc1C. The van der Waals surface area contributed by atoms with Gasteiger partial charge in [-0.1, -0.05) is 20.3 Å². The second kappa shape index (κ2) is 6.83. The normalized spacial score (nSPS) is 21.8. The average Bonchev–Trinajstić information content (AvgIpc) is 3.02. The van der Waals surface area contributed by atoms with Gasteiger partial charge in [-0.05, 0) is 31.4 Å². The van der Waals surface area contributed by atoms with E-state index in [-0.39, 0.29) is 11.3 Å². The number of hydrogen-bond donors (Lipinski definition) is 1. The van der Waals surface area contributed by atoms with Crippen LogP contribution in [0.3, 0.4) is 0 Å². The second-order valence-corrected chi connectivity index (χ2v) is 7.67. The van der Waals surface area contributed by atoms with Crippen molar-refractivity contribution in [1.82, 2.24) is 4.90 Å². The zero-order chi connectivity index (χ0) is 15.6. The molecular weight excluding hydrogens is 306 g/mol. The number of carbonyl (C=O) groups is 2. The van der Waals surface area contributed by atoms with E-state index in [2.05, 4.69) is 6.92 Å². The maximum atomic E-state index is 12.8. The van der Waals surface area contributed by atoms with Crippen molar-refractivity contribution >= 4 is 35.0 Å². The Kier molecular flexibility index (Phi) is 5.32. The average molecular weight is 327 g/mol. The molecule has 0 aromatic carbocycles. The van der Waals surface area contributed by atoms with Crippen molar-refractivity contribution in [3.63, 3.8) is 0 Å². The van der Waals surface area contributed by atoms with Crippen LogP contribution in [-0.2, 0) is 11.2 Å². The minimum Gasteiger partial charge on any atom is -0.480 e. The maximum Gasteiger partial charge on any atom is 0.327 e. The van der Waals surface area contributed by atoms with E-state index < -0.39 is 12.0 Å². The molecule has 21 heavy (non-hydrogen) atoms. The van der Waals surface area contributed by atoms with Crippen LogP contribution in [0.1, 0.15) is 46.8 Å². The van der Waals surface area contributed by atoms with Gasteiger partial charge < -0.3 is 10.0 Å². The Morgan fingerprint density at radius 1 is 1.43 bits per heavy atom. The molecule has 1 amide bonds. The van der Waals surface area contributed by atoms with Gasteiger partial charge in [0.1, 0.15) is 6.04 Å². The van der Waals surface area contributed by atoms with E-state index in [9.17, 15) is 14.7 Å². The smallest absolute Gasteiger partial charge is 0.327 e. The molecule has 0 radical (unpaired) electrons. The summed E-state index contributed by atoms with van der Waals surface area (Å²) in [5.74, 6) is -0.560. The summed E-state index contributed by atoms with van der Waals surface area (Å²) >= 11 is 3.04. The van der Waals surface area contributed by atoms with E-state index in [1.807, 2.05) is 19.9 Å². The number of thioether (sulfide) groups is 1. The van der Waals surface area contributed by atoms with Gasteiger partial charge in [0, 0.05) is 10.6 Å². The molecule has 6 heteroatoms. The Hall–Kier alpha value is -1.01. The highest BCUT2D eigenvalue weighted by molar-refractivity contribution is 8.00. The lowest BCUT2D eigenvalue weighted by atomic mass is 10.1. The molecule has 4 nitrogen and oxygen atoms in total. The molecule has 116 valence electrons. The molecule has 1 N–H and O–H groups in total. The Balaban J connectivity index is 2.28. The molecule has 0 aliphatic carbocycles. The minimum absolute atomic E-state index is 0.0318. The summed E-state index contributed by atoms with van der Waals surface area (Å²) in [5.41, 5.74) is 1.21. The van der Waals surface area contributed by atoms with Gasteiger partial charge in [0.05, 0.1) is 10.3 Å². The van der Waals surface area contributed by atoms with E-state index >= 15 is 0 Å². The van der Waals surface area contributed by atoms with Crippen LogP contribution >= 0.6 is 23.1 Å². The predicted molar refractivity (Wildman–Crippen MR) is 87.2 cm³/mol. The van der Waals surface area contributed by atoms with Crippen LogP contribution in [0, 0.1) is 6.92 Å². The lowest BCUT2D eigenvalue weighted by Gasteiger charge is -2.26. The van der Waals surface area contributed by atoms with Gasteiger partial charge in [-0.25, -0.2) is 4.79 Å². The van der Waals surface area contributed by atoms with Crippen molar-refractivity contribution in [2.75, 3.05) is 5.75 Å². The molecule has 0 bridgehead atoms. The van der Waals surface area contributed by atoms with Crippen molar-refractivity contribution < 1.29 is 14.7 Å². The molecule has 1 saturated heterocycles. The van der Waals surface area contributed by atoms with Gasteiger partial charge in [0.15, 0.2) is 0 Å². The van der Waals surface area contributed by atoms with Crippen molar-refractivity contribution in [2.45, 2.75) is 51.4 Å². The third-order valence-corrected chi connectivity index (χ3v) is 6.25. The van der Waals surface area contributed by atoms with Gasteiger partial charge >= 0.3 is 5.97 Å². The molecular formula is C15H21NO3S2. The Bertz CT molecular complexity index is 541. The van der Waals surface area contributed by atoms with Crippen LogP contribution in [-0.4, -0.2) is 39.1 Å². The largest absolute Gasteiger partial charge is 0.480 e. The summed E-state index contributed by atoms with van der Waals surface area (Å²) in [6.07, 6.45) is 2.77. The number of hydrogen-bond acceptors (Lipinski definition) is 4. The number of carboxylic acid groups (broad SMARTS) is 1. The number of aliphatic carboxylic acids is 1. The Morgan fingerprint density at radius 3 is 2.71 bits per heavy atom. The molecule has 1 aromatic rings. The fraction of sp³-hybridized carbons (Fsp3) is 0.600. The lowest BCUT2D eigenvalue weighted by Crippen LogP contribution is -2.45. The summed E-state index contributed by atoms with van der Waals surface area (Å²) in [6, 6.07) is 1.24. The van der Waals surface area contributed by atoms with Gasteiger partial charge in [-0.3, -0.25) is 4.79 Å². The first kappa shape index (κ1) is 16.4. The first-order chi connectivity index (χ1) is 9.99. The quantitative estimate of drug-likeness (QED) is 0.900. The molecule has 1 fully saturated rings. The van der Waals surface area contributed by atoms with Crippen LogP contribution in [0.15, 0.2) is 6.07 Å². The van der Waals surface area contributed by atoms with Crippen molar-refractivity contribution in [1.29, 1.82) is 0 Å². The van der Waals surface area contributed by atoms with Crippen LogP contribution in [0.5, 0.6) is 0 Å². The second-order valence-electron chi connectivity index (χ2n) is 5.20. The van der Waals surface area contributed by atoms with Gasteiger partial charge in [0.25, 0.3) is 5.91 Å². The summed E-state index contributed by atoms with van der Waals surface area (Å²) in [7, 11) is 0. The van der Waals surface area contributed by atoms with E-state index in [1.54, 1.807) is 16.7 Å². The summed E-state index contributed by atoms with van der Waals surface area (Å²) < 4.78 is 0. The van der Waals surface area contributed by atoms with E-state index in [0.717, 1.165) is 24.1 Å². The first-order valence-corrected chi connectivity index (χ1v) is 9.12. The Labute approximate surface area is 133 Å². The predicted octanol–water partition coefficient (Wildman–Crippen LogP) is 3.39.